The van der Waals surface area contributed by atoms with Crippen molar-refractivity contribution in [3.05, 3.63) is 142 Å². The topological polar surface area (TPSA) is 158 Å². The number of amides is 1. The molecule has 2 saturated carbocycles. The second-order valence-corrected chi connectivity index (χ2v) is 15.4. The lowest BCUT2D eigenvalue weighted by Gasteiger charge is -2.38. The van der Waals surface area contributed by atoms with Crippen molar-refractivity contribution in [1.82, 2.24) is 40.3 Å². The number of anilines is 2. The summed E-state index contributed by atoms with van der Waals surface area (Å²) in [5, 5.41) is 15.3. The molecule has 6 aromatic rings. The molecule has 4 aliphatic rings. The molecular formula is C44H51N11O. The maximum Gasteiger partial charge on any atom is 0.240 e. The number of nitrogens with zero attached hydrogens (tertiary/aromatic N) is 8. The fourth-order valence-electron chi connectivity index (χ4n) is 7.27. The fraction of sp³-hybridized carbons (Fsp3) is 0.386. The number of rotatable bonds is 13. The Morgan fingerprint density at radius 1 is 0.607 bits per heavy atom. The first-order valence-corrected chi connectivity index (χ1v) is 19.7. The lowest BCUT2D eigenvalue weighted by Crippen LogP contribution is -2.55. The highest BCUT2D eigenvalue weighted by molar-refractivity contribution is 5.84. The van der Waals surface area contributed by atoms with Crippen LogP contribution >= 0.6 is 0 Å². The van der Waals surface area contributed by atoms with Crippen molar-refractivity contribution in [3.8, 4) is 0 Å². The van der Waals surface area contributed by atoms with Crippen molar-refractivity contribution in [3.63, 3.8) is 0 Å². The SMILES string of the molecule is C.NC(=O)[C@@H]1CCN1c1nc(Cc2ccccc2)cc(Cc2cc(C3CC3)n[nH]2)n1.c1ccc(Cc2cc(Cc3cc(C4CC4)n[nH]3)nc(N3CCC3)n2)cc1. The number of benzene rings is 2. The Hall–Kier alpha value is -5.91. The molecule has 4 fully saturated rings. The molecule has 2 aromatic carbocycles. The quantitative estimate of drug-likeness (QED) is 0.121. The van der Waals surface area contributed by atoms with Gasteiger partial charge in [0.2, 0.25) is 17.8 Å². The predicted octanol–water partition coefficient (Wildman–Crippen LogP) is 6.43. The number of primary amides is 1. The number of hydrogen-bond donors (Lipinski definition) is 3. The molecule has 0 bridgehead atoms. The maximum absolute atomic E-state index is 11.7. The first kappa shape index (κ1) is 37.0. The van der Waals surface area contributed by atoms with E-state index in [0.717, 1.165) is 91.1 Å². The highest BCUT2D eigenvalue weighted by Gasteiger charge is 2.35. The smallest absolute Gasteiger partial charge is 0.240 e. The van der Waals surface area contributed by atoms with E-state index in [2.05, 4.69) is 86.0 Å². The fourth-order valence-corrected chi connectivity index (χ4v) is 7.27. The van der Waals surface area contributed by atoms with Crippen LogP contribution in [0.1, 0.15) is 114 Å². The normalized spacial score (nSPS) is 17.2. The van der Waals surface area contributed by atoms with Crippen molar-refractivity contribution in [2.75, 3.05) is 29.4 Å². The second-order valence-electron chi connectivity index (χ2n) is 15.4. The largest absolute Gasteiger partial charge is 0.368 e. The number of H-pyrrole nitrogens is 2. The van der Waals surface area contributed by atoms with Crippen molar-refractivity contribution < 1.29 is 4.79 Å². The highest BCUT2D eigenvalue weighted by Crippen LogP contribution is 2.40. The number of nitrogens with two attached hydrogens (primary N) is 1. The summed E-state index contributed by atoms with van der Waals surface area (Å²) in [7, 11) is 0. The van der Waals surface area contributed by atoms with Crippen molar-refractivity contribution >= 4 is 17.8 Å². The summed E-state index contributed by atoms with van der Waals surface area (Å²) in [6, 6.07) is 29.0. The minimum absolute atomic E-state index is 0. The van der Waals surface area contributed by atoms with Crippen LogP contribution in [0.15, 0.2) is 84.9 Å². The third kappa shape index (κ3) is 8.96. The van der Waals surface area contributed by atoms with Crippen LogP contribution in [0, 0.1) is 0 Å². The van der Waals surface area contributed by atoms with Gasteiger partial charge in [0.25, 0.3) is 0 Å². The number of aromatic amines is 2. The molecule has 12 heteroatoms. The van der Waals surface area contributed by atoms with E-state index >= 15 is 0 Å². The second kappa shape index (κ2) is 16.4. The molecular weight excluding hydrogens is 699 g/mol. The Morgan fingerprint density at radius 2 is 1.07 bits per heavy atom. The summed E-state index contributed by atoms with van der Waals surface area (Å²) < 4.78 is 0. The van der Waals surface area contributed by atoms with E-state index in [9.17, 15) is 4.79 Å². The van der Waals surface area contributed by atoms with Crippen molar-refractivity contribution in [2.45, 2.75) is 89.5 Å². The van der Waals surface area contributed by atoms with Gasteiger partial charge in [-0.25, -0.2) is 19.9 Å². The van der Waals surface area contributed by atoms with Crippen LogP contribution in [0.5, 0.6) is 0 Å². The molecule has 2 aliphatic carbocycles. The number of hydrogen-bond acceptors (Lipinski definition) is 9. The van der Waals surface area contributed by atoms with E-state index in [1.807, 2.05) is 29.2 Å². The van der Waals surface area contributed by atoms with Crippen LogP contribution in [0.2, 0.25) is 0 Å². The summed E-state index contributed by atoms with van der Waals surface area (Å²) >= 11 is 0. The Morgan fingerprint density at radius 3 is 1.46 bits per heavy atom. The zero-order chi connectivity index (χ0) is 37.1. The third-order valence-corrected chi connectivity index (χ3v) is 10.9. The molecule has 0 radical (unpaired) electrons. The summed E-state index contributed by atoms with van der Waals surface area (Å²) in [5.74, 6) is 2.44. The van der Waals surface area contributed by atoms with E-state index in [1.54, 1.807) is 0 Å². The summed E-state index contributed by atoms with van der Waals surface area (Å²) in [6.45, 7) is 2.87. The van der Waals surface area contributed by atoms with E-state index in [0.29, 0.717) is 24.2 Å². The van der Waals surface area contributed by atoms with E-state index in [1.165, 1.54) is 48.9 Å². The molecule has 2 saturated heterocycles. The van der Waals surface area contributed by atoms with Crippen LogP contribution in [-0.4, -0.2) is 71.9 Å². The van der Waals surface area contributed by atoms with Gasteiger partial charge in [0.05, 0.1) is 34.2 Å². The van der Waals surface area contributed by atoms with Gasteiger partial charge in [-0.15, -0.1) is 0 Å². The highest BCUT2D eigenvalue weighted by atomic mass is 16.1. The van der Waals surface area contributed by atoms with Crippen LogP contribution in [0.3, 0.4) is 0 Å². The average molecular weight is 750 g/mol. The van der Waals surface area contributed by atoms with Gasteiger partial charge in [0.1, 0.15) is 6.04 Å². The molecule has 0 spiro atoms. The zero-order valence-corrected chi connectivity index (χ0v) is 31.1. The van der Waals surface area contributed by atoms with Crippen LogP contribution in [0.25, 0.3) is 0 Å². The summed E-state index contributed by atoms with van der Waals surface area (Å²) in [6.07, 6.45) is 9.99. The molecule has 4 N–H and O–H groups in total. The number of carbonyl (C=O) groups is 1. The predicted molar refractivity (Wildman–Crippen MR) is 218 cm³/mol. The van der Waals surface area contributed by atoms with E-state index in [-0.39, 0.29) is 19.4 Å². The van der Waals surface area contributed by atoms with Gasteiger partial charge >= 0.3 is 0 Å². The molecule has 1 atom stereocenters. The first-order chi connectivity index (χ1) is 27.0. The Bertz CT molecular complexity index is 2240. The molecule has 288 valence electrons. The molecule has 12 nitrogen and oxygen atoms in total. The minimum Gasteiger partial charge on any atom is -0.368 e. The summed E-state index contributed by atoms with van der Waals surface area (Å²) in [4.78, 5) is 35.0. The first-order valence-electron chi connectivity index (χ1n) is 19.7. The maximum atomic E-state index is 11.7. The Kier molecular flexibility index (Phi) is 10.9. The van der Waals surface area contributed by atoms with Gasteiger partial charge in [-0.1, -0.05) is 68.1 Å². The standard InChI is InChI=1S/C22H24N6O.C21H23N5.CH4/c23-21(29)20-8-9-28(20)22-24-16(10-14-4-2-1-3-5-14)11-17(25-22)12-18-13-19(27-26-18)15-6-7-15;1-2-5-15(6-3-1)11-17-12-18(23-21(22-17)26-9-4-10-26)13-19-14-20(25-24-19)16-7-8-16;/h1-5,11,13,15,20H,6-10,12H2,(H2,23,29)(H,26,27);1-3,5-6,12,14,16H,4,7-11,13H2,(H,24,25);1H4/t20-;;/m0../s1. The van der Waals surface area contributed by atoms with Gasteiger partial charge < -0.3 is 15.5 Å². The molecule has 4 aromatic heterocycles. The minimum atomic E-state index is -0.322. The molecule has 1 amide bonds. The molecule has 0 unspecified atom stereocenters. The van der Waals surface area contributed by atoms with E-state index < -0.39 is 0 Å². The average Bonchev–Trinajstić information content (AvgIpc) is 4.07. The van der Waals surface area contributed by atoms with Crippen LogP contribution in [0.4, 0.5) is 11.9 Å². The number of aromatic nitrogens is 8. The van der Waals surface area contributed by atoms with Crippen LogP contribution in [-0.2, 0) is 30.5 Å². The number of nitrogens with one attached hydrogen (secondary N) is 2. The zero-order valence-electron chi connectivity index (χ0n) is 31.1. The van der Waals surface area contributed by atoms with Crippen molar-refractivity contribution in [1.29, 1.82) is 0 Å². The molecule has 6 heterocycles. The van der Waals surface area contributed by atoms with Gasteiger partial charge in [-0.05, 0) is 73.9 Å². The van der Waals surface area contributed by atoms with Crippen molar-refractivity contribution in [2.24, 2.45) is 5.73 Å². The molecule has 10 rings (SSSR count). The lowest BCUT2D eigenvalue weighted by atomic mass is 10.0. The van der Waals surface area contributed by atoms with Gasteiger partial charge in [0.15, 0.2) is 0 Å². The monoisotopic (exact) mass is 749 g/mol. The van der Waals surface area contributed by atoms with Gasteiger partial charge in [-0.2, -0.15) is 10.2 Å². The van der Waals surface area contributed by atoms with Gasteiger partial charge in [0, 0.05) is 68.5 Å². The van der Waals surface area contributed by atoms with Gasteiger partial charge in [-0.3, -0.25) is 15.0 Å². The van der Waals surface area contributed by atoms with E-state index in [4.69, 9.17) is 25.7 Å². The molecule has 56 heavy (non-hydrogen) atoms. The third-order valence-electron chi connectivity index (χ3n) is 10.9. The Labute approximate surface area is 328 Å². The molecule has 2 aliphatic heterocycles. The summed E-state index contributed by atoms with van der Waals surface area (Å²) in [5.41, 5.74) is 16.6. The number of carbonyl (C=O) groups excluding carboxylic acids is 1. The van der Waals surface area contributed by atoms with Crippen LogP contribution < -0.4 is 15.5 Å². The Balaban J connectivity index is 0.000000156. The lowest BCUT2D eigenvalue weighted by molar-refractivity contribution is -0.120.